The van der Waals surface area contributed by atoms with Gasteiger partial charge in [0.25, 0.3) is 0 Å². The number of halogens is 3. The van der Waals surface area contributed by atoms with Crippen LogP contribution < -0.4 is 4.74 Å². The highest BCUT2D eigenvalue weighted by molar-refractivity contribution is 5.65. The van der Waals surface area contributed by atoms with Gasteiger partial charge < -0.3 is 4.74 Å². The molecule has 0 fully saturated rings. The van der Waals surface area contributed by atoms with Gasteiger partial charge in [-0.15, -0.1) is 0 Å². The van der Waals surface area contributed by atoms with Crippen LogP contribution in [0.4, 0.5) is 13.2 Å². The Kier molecular flexibility index (Phi) is 4.56. The molecule has 0 N–H and O–H groups in total. The van der Waals surface area contributed by atoms with Crippen LogP contribution in [0.15, 0.2) is 60.7 Å². The third kappa shape index (κ3) is 3.27. The zero-order chi connectivity index (χ0) is 17.1. The van der Waals surface area contributed by atoms with Crippen molar-refractivity contribution in [3.63, 3.8) is 0 Å². The Hall–Kier alpha value is -2.75. The van der Waals surface area contributed by atoms with E-state index in [1.807, 2.05) is 0 Å². The van der Waals surface area contributed by atoms with Gasteiger partial charge in [-0.1, -0.05) is 42.5 Å². The standard InChI is InChI=1S/C20H15F3O/c1-13-6-11-17(20(23)19(13)22)14-7-9-16(10-8-14)24-12-15-4-2-3-5-18(15)21/h2-11H,12H2,1H3. The van der Waals surface area contributed by atoms with E-state index >= 15 is 0 Å². The van der Waals surface area contributed by atoms with Crippen molar-refractivity contribution in [3.8, 4) is 16.9 Å². The molecular formula is C20H15F3O. The van der Waals surface area contributed by atoms with E-state index in [4.69, 9.17) is 4.74 Å². The number of rotatable bonds is 4. The molecule has 0 spiro atoms. The van der Waals surface area contributed by atoms with Crippen LogP contribution >= 0.6 is 0 Å². The van der Waals surface area contributed by atoms with Gasteiger partial charge in [0.15, 0.2) is 11.6 Å². The Balaban J connectivity index is 1.77. The fourth-order valence-corrected chi connectivity index (χ4v) is 2.38. The second-order valence-electron chi connectivity index (χ2n) is 5.46. The smallest absolute Gasteiger partial charge is 0.166 e. The van der Waals surface area contributed by atoms with Gasteiger partial charge in [0.2, 0.25) is 0 Å². The molecule has 0 atom stereocenters. The Morgan fingerprint density at radius 2 is 1.50 bits per heavy atom. The second kappa shape index (κ2) is 6.79. The lowest BCUT2D eigenvalue weighted by Crippen LogP contribution is -1.98. The summed E-state index contributed by atoms with van der Waals surface area (Å²) in [6.45, 7) is 1.61. The molecule has 0 unspecified atom stereocenters. The monoisotopic (exact) mass is 328 g/mol. The van der Waals surface area contributed by atoms with Crippen LogP contribution in [-0.4, -0.2) is 0 Å². The molecule has 0 saturated carbocycles. The van der Waals surface area contributed by atoms with Crippen molar-refractivity contribution < 1.29 is 17.9 Å². The molecule has 4 heteroatoms. The van der Waals surface area contributed by atoms with Crippen molar-refractivity contribution in [2.75, 3.05) is 0 Å². The summed E-state index contributed by atoms with van der Waals surface area (Å²) >= 11 is 0. The van der Waals surface area contributed by atoms with Crippen molar-refractivity contribution in [1.29, 1.82) is 0 Å². The van der Waals surface area contributed by atoms with Crippen molar-refractivity contribution >= 4 is 0 Å². The number of ether oxygens (including phenoxy) is 1. The molecule has 24 heavy (non-hydrogen) atoms. The third-order valence-electron chi connectivity index (χ3n) is 3.79. The van der Waals surface area contributed by atoms with Gasteiger partial charge in [-0.25, -0.2) is 13.2 Å². The maximum absolute atomic E-state index is 14.0. The van der Waals surface area contributed by atoms with Crippen molar-refractivity contribution in [1.82, 2.24) is 0 Å². The van der Waals surface area contributed by atoms with E-state index in [1.54, 1.807) is 48.5 Å². The van der Waals surface area contributed by atoms with Gasteiger partial charge in [-0.2, -0.15) is 0 Å². The number of hydrogen-bond acceptors (Lipinski definition) is 1. The number of benzene rings is 3. The zero-order valence-corrected chi connectivity index (χ0v) is 13.0. The van der Waals surface area contributed by atoms with Crippen LogP contribution in [-0.2, 0) is 6.61 Å². The third-order valence-corrected chi connectivity index (χ3v) is 3.79. The zero-order valence-electron chi connectivity index (χ0n) is 13.0. The molecule has 0 heterocycles. The minimum absolute atomic E-state index is 0.0968. The number of aryl methyl sites for hydroxylation is 1. The summed E-state index contributed by atoms with van der Waals surface area (Å²) in [7, 11) is 0. The first kappa shape index (κ1) is 16.1. The molecule has 0 saturated heterocycles. The summed E-state index contributed by atoms with van der Waals surface area (Å²) < 4.78 is 46.7. The Bertz CT molecular complexity index is 857. The summed E-state index contributed by atoms with van der Waals surface area (Å²) in [5, 5.41) is 0. The first-order chi connectivity index (χ1) is 11.6. The second-order valence-corrected chi connectivity index (χ2v) is 5.46. The molecule has 0 aliphatic rings. The molecule has 0 aliphatic carbocycles. The van der Waals surface area contributed by atoms with Crippen LogP contribution in [0, 0.1) is 24.4 Å². The summed E-state index contributed by atoms with van der Waals surface area (Å²) in [6, 6.07) is 16.0. The fraction of sp³-hybridized carbons (Fsp3) is 0.100. The van der Waals surface area contributed by atoms with Gasteiger partial charge in [-0.05, 0) is 36.2 Å². The number of hydrogen-bond donors (Lipinski definition) is 0. The average molecular weight is 328 g/mol. The predicted octanol–water partition coefficient (Wildman–Crippen LogP) is 5.66. The van der Waals surface area contributed by atoms with E-state index in [9.17, 15) is 13.2 Å². The van der Waals surface area contributed by atoms with Gasteiger partial charge in [0.05, 0.1) is 0 Å². The van der Waals surface area contributed by atoms with E-state index in [-0.39, 0.29) is 23.6 Å². The molecule has 0 radical (unpaired) electrons. The minimum atomic E-state index is -0.866. The first-order valence-electron chi connectivity index (χ1n) is 7.47. The van der Waals surface area contributed by atoms with Crippen LogP contribution in [0.1, 0.15) is 11.1 Å². The molecule has 3 aromatic carbocycles. The van der Waals surface area contributed by atoms with E-state index in [2.05, 4.69) is 0 Å². The van der Waals surface area contributed by atoms with Crippen LogP contribution in [0.25, 0.3) is 11.1 Å². The maximum Gasteiger partial charge on any atom is 0.166 e. The first-order valence-corrected chi connectivity index (χ1v) is 7.47. The molecule has 0 aromatic heterocycles. The van der Waals surface area contributed by atoms with E-state index in [0.717, 1.165) is 0 Å². The molecule has 3 aromatic rings. The van der Waals surface area contributed by atoms with Crippen molar-refractivity contribution in [2.45, 2.75) is 13.5 Å². The van der Waals surface area contributed by atoms with E-state index in [0.29, 0.717) is 16.9 Å². The minimum Gasteiger partial charge on any atom is -0.489 e. The molecule has 0 bridgehead atoms. The summed E-state index contributed by atoms with van der Waals surface area (Å²) in [6.07, 6.45) is 0. The molecule has 1 nitrogen and oxygen atoms in total. The Morgan fingerprint density at radius 3 is 2.21 bits per heavy atom. The van der Waals surface area contributed by atoms with Gasteiger partial charge in [0.1, 0.15) is 18.2 Å². The fourth-order valence-electron chi connectivity index (χ4n) is 2.38. The Morgan fingerprint density at radius 1 is 0.792 bits per heavy atom. The molecule has 0 amide bonds. The maximum atomic E-state index is 14.0. The quantitative estimate of drug-likeness (QED) is 0.600. The lowest BCUT2D eigenvalue weighted by molar-refractivity contribution is 0.300. The largest absolute Gasteiger partial charge is 0.489 e. The van der Waals surface area contributed by atoms with E-state index < -0.39 is 11.6 Å². The molecule has 3 rings (SSSR count). The topological polar surface area (TPSA) is 9.23 Å². The van der Waals surface area contributed by atoms with Crippen molar-refractivity contribution in [3.05, 3.63) is 89.2 Å². The average Bonchev–Trinajstić information content (AvgIpc) is 2.60. The summed E-state index contributed by atoms with van der Waals surface area (Å²) in [4.78, 5) is 0. The van der Waals surface area contributed by atoms with Crippen LogP contribution in [0.5, 0.6) is 5.75 Å². The molecular weight excluding hydrogens is 313 g/mol. The highest BCUT2D eigenvalue weighted by atomic mass is 19.2. The van der Waals surface area contributed by atoms with E-state index in [1.165, 1.54) is 19.1 Å². The molecule has 0 aliphatic heterocycles. The van der Waals surface area contributed by atoms with Crippen LogP contribution in [0.2, 0.25) is 0 Å². The lowest BCUT2D eigenvalue weighted by Gasteiger charge is -2.09. The van der Waals surface area contributed by atoms with Gasteiger partial charge >= 0.3 is 0 Å². The SMILES string of the molecule is Cc1ccc(-c2ccc(OCc3ccccc3F)cc2)c(F)c1F. The summed E-state index contributed by atoms with van der Waals surface area (Å²) in [5.41, 5.74) is 1.46. The molecule has 122 valence electrons. The highest BCUT2D eigenvalue weighted by Crippen LogP contribution is 2.28. The van der Waals surface area contributed by atoms with Gasteiger partial charge in [0, 0.05) is 11.1 Å². The lowest BCUT2D eigenvalue weighted by atomic mass is 10.0. The van der Waals surface area contributed by atoms with Crippen LogP contribution in [0.3, 0.4) is 0 Å². The van der Waals surface area contributed by atoms with Crippen molar-refractivity contribution in [2.24, 2.45) is 0 Å². The predicted molar refractivity (Wildman–Crippen MR) is 87.3 cm³/mol. The van der Waals surface area contributed by atoms with Gasteiger partial charge in [-0.3, -0.25) is 0 Å². The summed E-state index contributed by atoms with van der Waals surface area (Å²) in [5.74, 6) is -1.51. The Labute approximate surface area is 138 Å². The normalized spacial score (nSPS) is 10.7. The highest BCUT2D eigenvalue weighted by Gasteiger charge is 2.12.